The van der Waals surface area contributed by atoms with Crippen molar-refractivity contribution in [3.8, 4) is 5.75 Å². The lowest BCUT2D eigenvalue weighted by Crippen LogP contribution is -2.13. The molecular weight excluding hydrogens is 344 g/mol. The van der Waals surface area contributed by atoms with Gasteiger partial charge in [0.25, 0.3) is 5.91 Å². The van der Waals surface area contributed by atoms with Crippen LogP contribution in [0.5, 0.6) is 5.75 Å². The van der Waals surface area contributed by atoms with E-state index in [9.17, 15) is 4.79 Å². The van der Waals surface area contributed by atoms with Crippen LogP contribution in [0.1, 0.15) is 39.8 Å². The van der Waals surface area contributed by atoms with Gasteiger partial charge in [0.1, 0.15) is 17.4 Å². The van der Waals surface area contributed by atoms with E-state index in [1.54, 1.807) is 23.7 Å². The quantitative estimate of drug-likeness (QED) is 0.727. The molecule has 1 fully saturated rings. The van der Waals surface area contributed by atoms with Crippen molar-refractivity contribution in [1.29, 1.82) is 0 Å². The van der Waals surface area contributed by atoms with Gasteiger partial charge in [0.15, 0.2) is 0 Å². The maximum atomic E-state index is 12.5. The van der Waals surface area contributed by atoms with Crippen molar-refractivity contribution in [2.24, 2.45) is 0 Å². The third-order valence-electron chi connectivity index (χ3n) is 3.58. The molecule has 1 saturated carbocycles. The number of para-hydroxylation sites is 1. The molecule has 0 spiro atoms. The van der Waals surface area contributed by atoms with Crippen LogP contribution in [0.15, 0.2) is 35.2 Å². The SMILES string of the molecule is O=C(Nc1nnc(C2CC2)s1)c1ccccc1OCc1cscn1. The predicted octanol–water partition coefficient (Wildman–Crippen LogP) is 3.70. The van der Waals surface area contributed by atoms with Gasteiger partial charge in [0, 0.05) is 11.3 Å². The monoisotopic (exact) mass is 358 g/mol. The smallest absolute Gasteiger partial charge is 0.261 e. The first-order valence-corrected chi connectivity index (χ1v) is 9.29. The number of hydrogen-bond acceptors (Lipinski definition) is 7. The van der Waals surface area contributed by atoms with Crippen molar-refractivity contribution in [2.45, 2.75) is 25.4 Å². The summed E-state index contributed by atoms with van der Waals surface area (Å²) in [5.41, 5.74) is 3.06. The fourth-order valence-corrected chi connectivity index (χ4v) is 3.64. The van der Waals surface area contributed by atoms with Crippen LogP contribution >= 0.6 is 22.7 Å². The van der Waals surface area contributed by atoms with Crippen molar-refractivity contribution >= 4 is 33.7 Å². The molecule has 0 unspecified atom stereocenters. The molecule has 1 aromatic carbocycles. The number of aromatic nitrogens is 3. The molecule has 1 aliphatic rings. The minimum atomic E-state index is -0.248. The molecule has 0 bridgehead atoms. The highest BCUT2D eigenvalue weighted by Crippen LogP contribution is 2.42. The molecule has 0 aliphatic heterocycles. The molecule has 6 nitrogen and oxygen atoms in total. The molecule has 1 amide bonds. The minimum Gasteiger partial charge on any atom is -0.486 e. The van der Waals surface area contributed by atoms with Crippen LogP contribution in [0.3, 0.4) is 0 Å². The molecule has 2 aromatic heterocycles. The summed E-state index contributed by atoms with van der Waals surface area (Å²) in [5, 5.41) is 14.4. The number of anilines is 1. The van der Waals surface area contributed by atoms with Gasteiger partial charge in [-0.15, -0.1) is 21.5 Å². The highest BCUT2D eigenvalue weighted by molar-refractivity contribution is 7.15. The number of carbonyl (C=O) groups is 1. The number of thiazole rings is 1. The lowest BCUT2D eigenvalue weighted by Gasteiger charge is -2.09. The Kier molecular flexibility index (Phi) is 4.22. The summed E-state index contributed by atoms with van der Waals surface area (Å²) in [6, 6.07) is 7.15. The van der Waals surface area contributed by atoms with E-state index in [-0.39, 0.29) is 5.91 Å². The van der Waals surface area contributed by atoms with E-state index >= 15 is 0 Å². The molecule has 0 atom stereocenters. The zero-order valence-corrected chi connectivity index (χ0v) is 14.3. The molecule has 122 valence electrons. The van der Waals surface area contributed by atoms with Gasteiger partial charge in [-0.1, -0.05) is 23.5 Å². The molecule has 3 aromatic rings. The van der Waals surface area contributed by atoms with E-state index in [1.165, 1.54) is 22.7 Å². The molecule has 0 saturated heterocycles. The average molecular weight is 358 g/mol. The van der Waals surface area contributed by atoms with Crippen LogP contribution in [0, 0.1) is 0 Å². The summed E-state index contributed by atoms with van der Waals surface area (Å²) >= 11 is 2.95. The lowest BCUT2D eigenvalue weighted by molar-refractivity contribution is 0.102. The lowest BCUT2D eigenvalue weighted by atomic mass is 10.2. The first-order valence-electron chi connectivity index (χ1n) is 7.53. The van der Waals surface area contributed by atoms with E-state index < -0.39 is 0 Å². The average Bonchev–Trinajstić information content (AvgIpc) is 3.12. The van der Waals surface area contributed by atoms with Crippen LogP contribution in [0.4, 0.5) is 5.13 Å². The van der Waals surface area contributed by atoms with Crippen molar-refractivity contribution in [3.63, 3.8) is 0 Å². The van der Waals surface area contributed by atoms with Crippen molar-refractivity contribution in [2.75, 3.05) is 5.32 Å². The first-order chi connectivity index (χ1) is 11.8. The van der Waals surface area contributed by atoms with Crippen LogP contribution < -0.4 is 10.1 Å². The second-order valence-corrected chi connectivity index (χ2v) is 7.17. The Labute approximate surface area is 146 Å². The summed E-state index contributed by atoms with van der Waals surface area (Å²) in [6.45, 7) is 0.332. The Morgan fingerprint density at radius 2 is 2.17 bits per heavy atom. The van der Waals surface area contributed by atoms with Crippen LogP contribution in [-0.2, 0) is 6.61 Å². The standard InChI is InChI=1S/C16H14N4O2S2/c21-14(18-16-20-19-15(24-16)10-5-6-10)12-3-1-2-4-13(12)22-7-11-8-23-9-17-11/h1-4,8-10H,5-7H2,(H,18,20,21). The Hall–Kier alpha value is -2.32. The molecule has 8 heteroatoms. The number of benzene rings is 1. The molecule has 1 aliphatic carbocycles. The van der Waals surface area contributed by atoms with E-state index in [0.717, 1.165) is 23.5 Å². The van der Waals surface area contributed by atoms with Gasteiger partial charge in [0.2, 0.25) is 5.13 Å². The molecule has 4 rings (SSSR count). The highest BCUT2D eigenvalue weighted by atomic mass is 32.1. The Morgan fingerprint density at radius 3 is 2.96 bits per heavy atom. The molecule has 1 N–H and O–H groups in total. The molecular formula is C16H14N4O2S2. The molecule has 0 radical (unpaired) electrons. The number of ether oxygens (including phenoxy) is 1. The predicted molar refractivity (Wildman–Crippen MR) is 92.7 cm³/mol. The van der Waals surface area contributed by atoms with E-state index in [0.29, 0.717) is 29.0 Å². The van der Waals surface area contributed by atoms with Gasteiger partial charge >= 0.3 is 0 Å². The van der Waals surface area contributed by atoms with Gasteiger partial charge in [-0.25, -0.2) is 4.98 Å². The second kappa shape index (κ2) is 6.66. The van der Waals surface area contributed by atoms with Crippen LogP contribution in [0.2, 0.25) is 0 Å². The van der Waals surface area contributed by atoms with E-state index in [2.05, 4.69) is 20.5 Å². The number of amides is 1. The maximum absolute atomic E-state index is 12.5. The van der Waals surface area contributed by atoms with Crippen LogP contribution in [0.25, 0.3) is 0 Å². The second-order valence-electron chi connectivity index (χ2n) is 5.44. The Morgan fingerprint density at radius 1 is 1.29 bits per heavy atom. The van der Waals surface area contributed by atoms with Crippen molar-refractivity contribution in [1.82, 2.24) is 15.2 Å². The summed E-state index contributed by atoms with van der Waals surface area (Å²) in [4.78, 5) is 16.7. The third kappa shape index (κ3) is 3.44. The summed E-state index contributed by atoms with van der Waals surface area (Å²) in [5.74, 6) is 0.805. The largest absolute Gasteiger partial charge is 0.486 e. The fraction of sp³-hybridized carbons (Fsp3) is 0.250. The maximum Gasteiger partial charge on any atom is 0.261 e. The van der Waals surface area contributed by atoms with Gasteiger partial charge in [0.05, 0.1) is 16.8 Å². The van der Waals surface area contributed by atoms with Crippen molar-refractivity contribution < 1.29 is 9.53 Å². The summed E-state index contributed by atoms with van der Waals surface area (Å²) < 4.78 is 5.74. The number of hydrogen-bond donors (Lipinski definition) is 1. The van der Waals surface area contributed by atoms with Gasteiger partial charge < -0.3 is 4.74 Å². The fourth-order valence-electron chi connectivity index (χ4n) is 2.19. The molecule has 2 heterocycles. The van der Waals surface area contributed by atoms with Gasteiger partial charge in [-0.3, -0.25) is 10.1 Å². The topological polar surface area (TPSA) is 77.0 Å². The number of carbonyl (C=O) groups excluding carboxylic acids is 1. The van der Waals surface area contributed by atoms with E-state index in [1.807, 2.05) is 11.4 Å². The minimum absolute atomic E-state index is 0.248. The first kappa shape index (κ1) is 15.2. The van der Waals surface area contributed by atoms with Crippen LogP contribution in [-0.4, -0.2) is 21.1 Å². The number of nitrogens with one attached hydrogen (secondary N) is 1. The number of nitrogens with zero attached hydrogens (tertiary/aromatic N) is 3. The number of rotatable bonds is 6. The Balaban J connectivity index is 1.46. The van der Waals surface area contributed by atoms with Gasteiger partial charge in [-0.05, 0) is 25.0 Å². The van der Waals surface area contributed by atoms with Crippen molar-refractivity contribution in [3.05, 3.63) is 51.4 Å². The summed E-state index contributed by atoms with van der Waals surface area (Å²) in [6.07, 6.45) is 2.33. The van der Waals surface area contributed by atoms with E-state index in [4.69, 9.17) is 4.74 Å². The third-order valence-corrected chi connectivity index (χ3v) is 5.21. The Bertz CT molecular complexity index is 843. The highest BCUT2D eigenvalue weighted by Gasteiger charge is 2.28. The normalized spacial score (nSPS) is 13.7. The zero-order valence-electron chi connectivity index (χ0n) is 12.6. The molecule has 24 heavy (non-hydrogen) atoms. The zero-order chi connectivity index (χ0) is 16.4. The van der Waals surface area contributed by atoms with Gasteiger partial charge in [-0.2, -0.15) is 0 Å². The summed E-state index contributed by atoms with van der Waals surface area (Å²) in [7, 11) is 0.